The molecule has 0 amide bonds. The van der Waals surface area contributed by atoms with Gasteiger partial charge in [-0.2, -0.15) is 10.5 Å². The highest BCUT2D eigenvalue weighted by molar-refractivity contribution is 6.13. The Hall–Kier alpha value is -9.70. The highest BCUT2D eigenvalue weighted by atomic mass is 15.0. The molecular formula is C55H28N8. The molecule has 0 saturated heterocycles. The van der Waals surface area contributed by atoms with Gasteiger partial charge in [0, 0.05) is 32.7 Å². The van der Waals surface area contributed by atoms with Gasteiger partial charge in [-0.05, 0) is 101 Å². The monoisotopic (exact) mass is 800 g/mol. The van der Waals surface area contributed by atoms with Gasteiger partial charge in [-0.3, -0.25) is 0 Å². The molecule has 0 aliphatic heterocycles. The highest BCUT2D eigenvalue weighted by Crippen LogP contribution is 2.44. The molecule has 288 valence electrons. The molecule has 10 rings (SSSR count). The van der Waals surface area contributed by atoms with Crippen molar-refractivity contribution in [3.63, 3.8) is 0 Å². The molecular weight excluding hydrogens is 773 g/mol. The third-order valence-electron chi connectivity index (χ3n) is 11.6. The van der Waals surface area contributed by atoms with Gasteiger partial charge in [0.2, 0.25) is 0 Å². The van der Waals surface area contributed by atoms with Crippen LogP contribution in [-0.2, 0) is 0 Å². The minimum absolute atomic E-state index is 0.389. The second kappa shape index (κ2) is 14.8. The molecule has 0 N–H and O–H groups in total. The van der Waals surface area contributed by atoms with Crippen LogP contribution in [-0.4, -0.2) is 9.13 Å². The molecule has 8 heteroatoms. The van der Waals surface area contributed by atoms with E-state index < -0.39 is 0 Å². The van der Waals surface area contributed by atoms with Crippen molar-refractivity contribution >= 4 is 66.4 Å². The average Bonchev–Trinajstić information content (AvgIpc) is 3.84. The van der Waals surface area contributed by atoms with E-state index in [9.17, 15) is 10.5 Å². The summed E-state index contributed by atoms with van der Waals surface area (Å²) in [6.45, 7) is 32.9. The first-order valence-corrected chi connectivity index (χ1v) is 19.8. The van der Waals surface area contributed by atoms with Crippen LogP contribution in [0.25, 0.3) is 108 Å². The number of hydrogen-bond acceptors (Lipinski definition) is 2. The van der Waals surface area contributed by atoms with Gasteiger partial charge in [0.15, 0.2) is 22.7 Å². The van der Waals surface area contributed by atoms with Gasteiger partial charge in [0.05, 0.1) is 65.8 Å². The Morgan fingerprint density at radius 2 is 0.937 bits per heavy atom. The largest absolute Gasteiger partial charge is 0.308 e. The summed E-state index contributed by atoms with van der Waals surface area (Å²) >= 11 is 0. The number of benzene rings is 8. The zero-order chi connectivity index (χ0) is 43.4. The molecule has 0 radical (unpaired) electrons. The normalized spacial score (nSPS) is 10.8. The van der Waals surface area contributed by atoms with Crippen molar-refractivity contribution in [1.82, 2.24) is 9.13 Å². The maximum absolute atomic E-state index is 11.6. The van der Waals surface area contributed by atoms with Gasteiger partial charge in [0.1, 0.15) is 11.6 Å². The summed E-state index contributed by atoms with van der Waals surface area (Å²) in [4.78, 5) is 14.7. The molecule has 0 aliphatic carbocycles. The summed E-state index contributed by atoms with van der Waals surface area (Å²) < 4.78 is 4.28. The second-order valence-electron chi connectivity index (χ2n) is 15.3. The number of hydrogen-bond donors (Lipinski definition) is 0. The molecule has 8 nitrogen and oxygen atoms in total. The fourth-order valence-electron chi connectivity index (χ4n) is 8.93. The maximum Gasteiger partial charge on any atom is 0.189 e. The lowest BCUT2D eigenvalue weighted by atomic mass is 9.96. The molecule has 0 bridgehead atoms. The Balaban J connectivity index is 1.29. The number of para-hydroxylation sites is 2. The van der Waals surface area contributed by atoms with Crippen LogP contribution >= 0.6 is 0 Å². The summed E-state index contributed by atoms with van der Waals surface area (Å²) in [6, 6.07) is 53.4. The molecule has 0 unspecified atom stereocenters. The number of nitriles is 2. The number of rotatable bonds is 5. The van der Waals surface area contributed by atoms with E-state index in [-0.39, 0.29) is 0 Å². The van der Waals surface area contributed by atoms with Crippen LogP contribution in [0.5, 0.6) is 0 Å². The number of fused-ring (bicyclic) bond motifs is 6. The minimum atomic E-state index is 0.389. The first-order chi connectivity index (χ1) is 30.8. The van der Waals surface area contributed by atoms with Gasteiger partial charge in [-0.25, -0.2) is 19.4 Å². The Bertz CT molecular complexity index is 3830. The first-order valence-electron chi connectivity index (χ1n) is 19.8. The van der Waals surface area contributed by atoms with Gasteiger partial charge in [-0.15, -0.1) is 0 Å². The number of nitrogens with zero attached hydrogens (tertiary/aromatic N) is 8. The smallest absolute Gasteiger partial charge is 0.189 e. The first kappa shape index (κ1) is 37.6. The summed E-state index contributed by atoms with van der Waals surface area (Å²) in [7, 11) is 0. The van der Waals surface area contributed by atoms with Crippen LogP contribution in [0.1, 0.15) is 16.7 Å². The third kappa shape index (κ3) is 6.10. The molecule has 8 aromatic carbocycles. The lowest BCUT2D eigenvalue weighted by molar-refractivity contribution is 1.12. The Kier molecular flexibility index (Phi) is 8.85. The van der Waals surface area contributed by atoms with E-state index in [1.807, 2.05) is 97.9 Å². The van der Waals surface area contributed by atoms with Crippen LogP contribution in [0.3, 0.4) is 0 Å². The molecule has 10 aromatic rings. The van der Waals surface area contributed by atoms with Crippen LogP contribution in [0.4, 0.5) is 22.7 Å². The van der Waals surface area contributed by atoms with Crippen LogP contribution < -0.4 is 0 Å². The van der Waals surface area contributed by atoms with Crippen molar-refractivity contribution in [2.24, 2.45) is 0 Å². The van der Waals surface area contributed by atoms with E-state index in [0.717, 1.165) is 82.6 Å². The molecule has 0 atom stereocenters. The van der Waals surface area contributed by atoms with E-state index in [0.29, 0.717) is 45.3 Å². The highest BCUT2D eigenvalue weighted by Gasteiger charge is 2.25. The zero-order valence-electron chi connectivity index (χ0n) is 33.5. The van der Waals surface area contributed by atoms with E-state index in [1.54, 1.807) is 36.4 Å². The quantitative estimate of drug-likeness (QED) is 0.163. The molecule has 63 heavy (non-hydrogen) atoms. The van der Waals surface area contributed by atoms with Crippen molar-refractivity contribution < 1.29 is 0 Å². The molecule has 0 fully saturated rings. The fourth-order valence-corrected chi connectivity index (χ4v) is 8.93. The summed E-state index contributed by atoms with van der Waals surface area (Å²) in [6.07, 6.45) is 0. The Morgan fingerprint density at radius 1 is 0.429 bits per heavy atom. The second-order valence-corrected chi connectivity index (χ2v) is 15.3. The maximum atomic E-state index is 11.6. The van der Waals surface area contributed by atoms with Crippen molar-refractivity contribution in [2.45, 2.75) is 6.92 Å². The Morgan fingerprint density at radius 3 is 1.52 bits per heavy atom. The summed E-state index contributed by atoms with van der Waals surface area (Å²) in [5.41, 5.74) is 13.0. The minimum Gasteiger partial charge on any atom is -0.308 e. The molecule has 0 spiro atoms. The molecule has 0 aliphatic rings. The lowest BCUT2D eigenvalue weighted by Gasteiger charge is -2.20. The van der Waals surface area contributed by atoms with Crippen LogP contribution in [0.2, 0.25) is 0 Å². The number of aryl methyl sites for hydroxylation is 1. The van der Waals surface area contributed by atoms with Crippen LogP contribution in [0.15, 0.2) is 152 Å². The van der Waals surface area contributed by atoms with E-state index >= 15 is 0 Å². The molecule has 2 aromatic heterocycles. The van der Waals surface area contributed by atoms with Crippen molar-refractivity contribution in [2.75, 3.05) is 0 Å². The zero-order valence-corrected chi connectivity index (χ0v) is 33.5. The Labute approximate surface area is 362 Å². The van der Waals surface area contributed by atoms with Gasteiger partial charge < -0.3 is 9.13 Å². The molecule has 0 saturated carbocycles. The van der Waals surface area contributed by atoms with Gasteiger partial charge in [0.25, 0.3) is 0 Å². The predicted octanol–water partition coefficient (Wildman–Crippen LogP) is 15.1. The number of aromatic nitrogens is 2. The van der Waals surface area contributed by atoms with Crippen LogP contribution in [0, 0.1) is 55.9 Å². The summed E-state index contributed by atoms with van der Waals surface area (Å²) in [5.74, 6) is 0. The van der Waals surface area contributed by atoms with Crippen molar-refractivity contribution in [1.29, 1.82) is 10.5 Å². The standard InChI is InChI=1S/C55H28N8/c1-33-20-39(27-40(21-33)58-2)44-16-19-54(62-50-12-8-6-10-45(50)47-28-35(14-17-52(47)62)37-22-34(31-56)23-41(24-37)59-3)49(32-57)55(44)63-51-13-9-7-11-46(51)48-29-36(15-18-53(48)63)38-25-42(60-4)30-43(26-38)61-5/h6-30H,1H3. The van der Waals surface area contributed by atoms with Gasteiger partial charge in [-0.1, -0.05) is 90.5 Å². The topological polar surface area (TPSA) is 74.9 Å². The molecule has 2 heterocycles. The van der Waals surface area contributed by atoms with E-state index in [2.05, 4.69) is 64.9 Å². The van der Waals surface area contributed by atoms with Crippen molar-refractivity contribution in [3.05, 3.63) is 214 Å². The summed E-state index contributed by atoms with van der Waals surface area (Å²) in [5, 5.41) is 25.1. The van der Waals surface area contributed by atoms with Gasteiger partial charge >= 0.3 is 0 Å². The van der Waals surface area contributed by atoms with E-state index in [1.165, 1.54) is 0 Å². The van der Waals surface area contributed by atoms with E-state index in [4.69, 9.17) is 26.3 Å². The lowest BCUT2D eigenvalue weighted by Crippen LogP contribution is -2.06. The predicted molar refractivity (Wildman–Crippen MR) is 251 cm³/mol. The fraction of sp³-hybridized carbons (Fsp3) is 0.0182. The third-order valence-corrected chi connectivity index (χ3v) is 11.6. The average molecular weight is 801 g/mol. The SMILES string of the molecule is [C-]#[N+]c1cc(C#N)cc(-c2ccc3c(c2)c2ccccc2n3-c2ccc(-c3cc(C)cc([N+]#[C-])c3)c(-n3c4ccccc4c4cc(-c5cc([N+]#[C-])cc([N+]#[C-])c5)ccc43)c2C#N)c1. The van der Waals surface area contributed by atoms with Crippen molar-refractivity contribution in [3.8, 4) is 56.9 Å².